The fourth-order valence-electron chi connectivity index (χ4n) is 12.7. The lowest BCUT2D eigenvalue weighted by Gasteiger charge is -2.63. The van der Waals surface area contributed by atoms with Crippen LogP contribution in [0.5, 0.6) is 0 Å². The van der Waals surface area contributed by atoms with Gasteiger partial charge in [-0.3, -0.25) is 24.1 Å². The van der Waals surface area contributed by atoms with Gasteiger partial charge in [0.1, 0.15) is 11.2 Å². The number of nitrogens with zero attached hydrogens (tertiary/aromatic N) is 2. The molecule has 6 aliphatic rings. The minimum atomic E-state index is -2.53. The maximum atomic E-state index is 15.2. The third-order valence-electron chi connectivity index (χ3n) is 14.8. The number of carbonyl (C=O) groups excluding carboxylic acids is 5. The second kappa shape index (κ2) is 15.1. The van der Waals surface area contributed by atoms with Crippen LogP contribution >= 0.6 is 0 Å². The molecule has 1 aromatic heterocycles. The predicted octanol–water partition coefficient (Wildman–Crippen LogP) is 3.27. The number of rotatable bonds is 10. The highest BCUT2D eigenvalue weighted by molar-refractivity contribution is 5.92. The Hall–Kier alpha value is -4.63. The van der Waals surface area contributed by atoms with Crippen LogP contribution in [-0.4, -0.2) is 127 Å². The molecule has 5 heterocycles. The van der Waals surface area contributed by atoms with Gasteiger partial charge in [0.2, 0.25) is 12.0 Å². The van der Waals surface area contributed by atoms with Gasteiger partial charge in [0.25, 0.3) is 0 Å². The number of H-pyrrole nitrogens is 1. The summed E-state index contributed by atoms with van der Waals surface area (Å²) in [5.74, 6) is -3.18. The number of aliphatic hydroxyl groups is 1. The fourth-order valence-corrected chi connectivity index (χ4v) is 12.7. The second-order valence-corrected chi connectivity index (χ2v) is 17.2. The summed E-state index contributed by atoms with van der Waals surface area (Å²) in [6.07, 6.45) is 8.42. The number of allylic oxidation sites excluding steroid dienone is 1. The number of fused-ring (bicyclic) bond motifs is 4. The number of nitrogens with one attached hydrogen (secondary N) is 2. The van der Waals surface area contributed by atoms with Crippen LogP contribution < -0.4 is 5.32 Å². The van der Waals surface area contributed by atoms with Crippen molar-refractivity contribution in [1.29, 1.82) is 0 Å². The molecule has 8 rings (SSSR count). The van der Waals surface area contributed by atoms with Crippen LogP contribution in [0.1, 0.15) is 64.1 Å². The number of carbonyl (C=O) groups is 5. The van der Waals surface area contributed by atoms with Crippen molar-refractivity contribution in [2.24, 2.45) is 22.7 Å². The van der Waals surface area contributed by atoms with Gasteiger partial charge in [-0.15, -0.1) is 0 Å². The summed E-state index contributed by atoms with van der Waals surface area (Å²) in [7, 11) is 4.11. The van der Waals surface area contributed by atoms with Gasteiger partial charge in [-0.25, -0.2) is 4.79 Å². The summed E-state index contributed by atoms with van der Waals surface area (Å²) >= 11 is 0. The third kappa shape index (κ3) is 5.62. The number of amides is 1. The molecule has 0 bridgehead atoms. The lowest BCUT2D eigenvalue weighted by atomic mass is 9.47. The van der Waals surface area contributed by atoms with E-state index in [-0.39, 0.29) is 24.5 Å². The van der Waals surface area contributed by atoms with E-state index in [9.17, 15) is 24.3 Å². The standard InChI is InChI=1S/C45H56N4O10/c1-7-28(52)20-27-23-44(40(53)57-5,36-30(14-17-46-24-27)29-12-9-10-13-33(29)47-36)32-21-31-34(22-35(32)56-4)49(25-50)38-43(31)16-19-48-18-11-15-42(8-2,37(43)48)39(59-26(3)51)45(38,55)41(54)58-6/h9-13,15,21-22,25,27,32,35,37-39,46-47,55H,7-8,14,16-20,23-24H2,1-6H3/t27-,32?,35?,37-,38+,39+,42+,43+,44-,45-/m0/s1. The van der Waals surface area contributed by atoms with E-state index in [1.54, 1.807) is 7.11 Å². The van der Waals surface area contributed by atoms with Crippen LogP contribution in [0.25, 0.3) is 10.9 Å². The summed E-state index contributed by atoms with van der Waals surface area (Å²) in [6.45, 7) is 7.25. The number of para-hydroxylation sites is 1. The van der Waals surface area contributed by atoms with Gasteiger partial charge in [0.05, 0.1) is 26.4 Å². The Morgan fingerprint density at radius 1 is 1.03 bits per heavy atom. The van der Waals surface area contributed by atoms with E-state index in [4.69, 9.17) is 18.9 Å². The average molecular weight is 813 g/mol. The van der Waals surface area contributed by atoms with Gasteiger partial charge in [-0.1, -0.05) is 50.3 Å². The highest BCUT2D eigenvalue weighted by Gasteiger charge is 2.82. The molecule has 14 nitrogen and oxygen atoms in total. The molecule has 1 amide bonds. The van der Waals surface area contributed by atoms with Crippen LogP contribution in [0.2, 0.25) is 0 Å². The van der Waals surface area contributed by atoms with Crippen LogP contribution in [0, 0.1) is 22.7 Å². The fraction of sp³-hybridized carbons (Fsp3) is 0.578. The minimum Gasteiger partial charge on any atom is -0.468 e. The molecule has 4 aliphatic heterocycles. The molecule has 1 aromatic carbocycles. The number of esters is 3. The van der Waals surface area contributed by atoms with E-state index >= 15 is 4.79 Å². The Labute approximate surface area is 344 Å². The van der Waals surface area contributed by atoms with Crippen molar-refractivity contribution < 1.29 is 48.0 Å². The Morgan fingerprint density at radius 2 is 1.80 bits per heavy atom. The number of Topliss-reactive ketones (excluding diaryl/α,β-unsaturated/α-hetero) is 1. The van der Waals surface area contributed by atoms with Crippen molar-refractivity contribution in [3.8, 4) is 0 Å². The van der Waals surface area contributed by atoms with E-state index in [0.29, 0.717) is 75.2 Å². The third-order valence-corrected chi connectivity index (χ3v) is 14.8. The Bertz CT molecular complexity index is 2160. The zero-order valence-electron chi connectivity index (χ0n) is 34.7. The number of methoxy groups -OCH3 is 3. The molecule has 2 aromatic rings. The number of aromatic nitrogens is 1. The van der Waals surface area contributed by atoms with E-state index in [2.05, 4.69) is 15.2 Å². The molecule has 3 fully saturated rings. The van der Waals surface area contributed by atoms with Crippen molar-refractivity contribution in [3.05, 3.63) is 71.1 Å². The topological polar surface area (TPSA) is 177 Å². The molecular weight excluding hydrogens is 757 g/mol. The number of likely N-dealkylation sites (tertiary alicyclic amines) is 1. The molecule has 59 heavy (non-hydrogen) atoms. The van der Waals surface area contributed by atoms with Gasteiger partial charge in [-0.2, -0.15) is 0 Å². The van der Waals surface area contributed by atoms with Crippen LogP contribution in [-0.2, 0) is 54.8 Å². The van der Waals surface area contributed by atoms with Crippen molar-refractivity contribution in [1.82, 2.24) is 20.1 Å². The first-order chi connectivity index (χ1) is 28.4. The smallest absolute Gasteiger partial charge is 0.344 e. The molecule has 1 spiro atoms. The highest BCUT2D eigenvalue weighted by atomic mass is 16.6. The van der Waals surface area contributed by atoms with Crippen LogP contribution in [0.3, 0.4) is 0 Å². The quantitative estimate of drug-likeness (QED) is 0.138. The largest absolute Gasteiger partial charge is 0.468 e. The molecule has 2 unspecified atom stereocenters. The zero-order valence-corrected chi connectivity index (χ0v) is 34.7. The summed E-state index contributed by atoms with van der Waals surface area (Å²) in [6, 6.07) is 6.22. The molecule has 316 valence electrons. The van der Waals surface area contributed by atoms with Crippen LogP contribution in [0.15, 0.2) is 59.8 Å². The Kier molecular flexibility index (Phi) is 10.5. The summed E-state index contributed by atoms with van der Waals surface area (Å²) < 4.78 is 23.7. The summed E-state index contributed by atoms with van der Waals surface area (Å²) in [5.41, 5.74) is -2.57. The number of benzene rings is 1. The minimum absolute atomic E-state index is 0.0808. The van der Waals surface area contributed by atoms with Gasteiger partial charge < -0.3 is 39.3 Å². The van der Waals surface area contributed by atoms with Gasteiger partial charge >= 0.3 is 17.9 Å². The van der Waals surface area contributed by atoms with Crippen molar-refractivity contribution >= 4 is 41.0 Å². The summed E-state index contributed by atoms with van der Waals surface area (Å²) in [4.78, 5) is 76.9. The molecule has 3 N–H and O–H groups in total. The van der Waals surface area contributed by atoms with E-state index in [1.807, 2.05) is 62.4 Å². The molecule has 2 saturated heterocycles. The van der Waals surface area contributed by atoms with Crippen molar-refractivity contribution in [2.75, 3.05) is 47.5 Å². The first-order valence-corrected chi connectivity index (χ1v) is 20.9. The second-order valence-electron chi connectivity index (χ2n) is 17.2. The van der Waals surface area contributed by atoms with Gasteiger partial charge in [0.15, 0.2) is 6.10 Å². The number of aromatic amines is 1. The van der Waals surface area contributed by atoms with Crippen molar-refractivity contribution in [2.45, 2.75) is 94.6 Å². The normalized spacial score (nSPS) is 36.1. The monoisotopic (exact) mass is 812 g/mol. The lowest BCUT2D eigenvalue weighted by molar-refractivity contribution is -0.242. The van der Waals surface area contributed by atoms with E-state index in [1.165, 1.54) is 26.0 Å². The zero-order chi connectivity index (χ0) is 42.1. The molecular formula is C45H56N4O10. The lowest BCUT2D eigenvalue weighted by Crippen LogP contribution is -2.80. The van der Waals surface area contributed by atoms with Gasteiger partial charge in [0, 0.05) is 78.5 Å². The first-order valence-electron chi connectivity index (χ1n) is 20.9. The molecule has 0 radical (unpaired) electrons. The van der Waals surface area contributed by atoms with E-state index < -0.39 is 70.0 Å². The van der Waals surface area contributed by atoms with Crippen molar-refractivity contribution in [3.63, 3.8) is 0 Å². The first kappa shape index (κ1) is 41.1. The highest BCUT2D eigenvalue weighted by Crippen LogP contribution is 2.70. The van der Waals surface area contributed by atoms with Crippen LogP contribution in [0.4, 0.5) is 0 Å². The predicted molar refractivity (Wildman–Crippen MR) is 216 cm³/mol. The van der Waals surface area contributed by atoms with Gasteiger partial charge in [-0.05, 0) is 74.5 Å². The SMILES string of the molecule is CCC(=O)C[C@@H]1CNCCc2c([nH]c3ccccc23)[C@@](C(=O)OC)(C2C=C3C(=CC2OC)N(C=O)[C@H]2[C@@](O)(C(=O)OC)[C@H](OC(C)=O)[C@]4(CC)C=CCN5CC[C@]32[C@@H]54)C1. The number of ketones is 1. The maximum absolute atomic E-state index is 15.2. The molecule has 1 saturated carbocycles. The number of ether oxygens (including phenoxy) is 4. The maximum Gasteiger partial charge on any atom is 0.344 e. The van der Waals surface area contributed by atoms with E-state index in [0.717, 1.165) is 16.5 Å². The number of hydrogen-bond donors (Lipinski definition) is 3. The Balaban J connectivity index is 1.45. The average Bonchev–Trinajstić information content (AvgIpc) is 3.92. The number of hydrogen-bond acceptors (Lipinski definition) is 12. The molecule has 14 heteroatoms. The molecule has 2 aliphatic carbocycles. The Morgan fingerprint density at radius 3 is 2.47 bits per heavy atom. The molecule has 10 atom stereocenters. The summed E-state index contributed by atoms with van der Waals surface area (Å²) in [5, 5.41) is 17.8.